The van der Waals surface area contributed by atoms with E-state index in [0.717, 1.165) is 12.1 Å². The average Bonchev–Trinajstić information content (AvgIpc) is 2.46. The van der Waals surface area contributed by atoms with Crippen molar-refractivity contribution in [2.45, 2.75) is 19.9 Å². The van der Waals surface area contributed by atoms with Gasteiger partial charge in [0.15, 0.2) is 0 Å². The molecule has 4 nitrogen and oxygen atoms in total. The van der Waals surface area contributed by atoms with Gasteiger partial charge >= 0.3 is 5.97 Å². The van der Waals surface area contributed by atoms with Gasteiger partial charge in [-0.05, 0) is 6.42 Å². The van der Waals surface area contributed by atoms with E-state index >= 15 is 0 Å². The fourth-order valence-electron chi connectivity index (χ4n) is 0.954. The van der Waals surface area contributed by atoms with E-state index in [1.807, 2.05) is 6.92 Å². The van der Waals surface area contributed by atoms with E-state index in [1.54, 1.807) is 6.20 Å². The first-order chi connectivity index (χ1) is 6.17. The number of esters is 1. The largest absolute Gasteiger partial charge is 0.468 e. The number of hydrogen-bond acceptors (Lipinski definition) is 3. The van der Waals surface area contributed by atoms with Crippen molar-refractivity contribution in [3.63, 3.8) is 0 Å². The molecule has 13 heavy (non-hydrogen) atoms. The number of methoxy groups -OCH3 is 1. The van der Waals surface area contributed by atoms with Crippen molar-refractivity contribution >= 4 is 17.6 Å². The molecule has 1 aromatic heterocycles. The highest BCUT2D eigenvalue weighted by Crippen LogP contribution is 2.13. The molecule has 1 rings (SSSR count). The fraction of sp³-hybridized carbons (Fsp3) is 0.500. The van der Waals surface area contributed by atoms with Crippen molar-refractivity contribution in [3.05, 3.63) is 16.9 Å². The maximum Gasteiger partial charge on any atom is 0.327 e. The summed E-state index contributed by atoms with van der Waals surface area (Å²) >= 11 is 5.84. The van der Waals surface area contributed by atoms with Gasteiger partial charge in [0.1, 0.15) is 6.54 Å². The van der Waals surface area contributed by atoms with Gasteiger partial charge in [0.05, 0.1) is 17.8 Å². The van der Waals surface area contributed by atoms with Gasteiger partial charge in [0, 0.05) is 6.20 Å². The Bertz CT molecular complexity index is 309. The first-order valence-electron chi connectivity index (χ1n) is 3.96. The van der Waals surface area contributed by atoms with E-state index in [9.17, 15) is 4.79 Å². The minimum atomic E-state index is -0.332. The van der Waals surface area contributed by atoms with Crippen molar-refractivity contribution in [1.29, 1.82) is 0 Å². The molecular formula is C8H11ClN2O2. The lowest BCUT2D eigenvalue weighted by Gasteiger charge is -1.97. The Morgan fingerprint density at radius 1 is 1.77 bits per heavy atom. The van der Waals surface area contributed by atoms with Crippen LogP contribution in [-0.2, 0) is 22.5 Å². The Labute approximate surface area is 81.4 Å². The van der Waals surface area contributed by atoms with E-state index in [-0.39, 0.29) is 12.5 Å². The predicted octanol–water partition coefficient (Wildman–Crippen LogP) is 1.27. The molecule has 0 aliphatic rings. The molecule has 0 spiro atoms. The predicted molar refractivity (Wildman–Crippen MR) is 48.6 cm³/mol. The fourth-order valence-corrected chi connectivity index (χ4v) is 1.24. The molecule has 0 saturated heterocycles. The van der Waals surface area contributed by atoms with Crippen LogP contribution in [0, 0.1) is 0 Å². The first-order valence-corrected chi connectivity index (χ1v) is 4.33. The Hall–Kier alpha value is -1.03. The number of carbonyl (C=O) groups excluding carboxylic acids is 1. The Morgan fingerprint density at radius 2 is 2.46 bits per heavy atom. The lowest BCUT2D eigenvalue weighted by Crippen LogP contribution is -2.11. The molecule has 0 aromatic carbocycles. The standard InChI is InChI=1S/C8H11ClN2O2/c1-3-7-6(9)4-11(10-7)5-8(12)13-2/h4H,3,5H2,1-2H3. The summed E-state index contributed by atoms with van der Waals surface area (Å²) in [4.78, 5) is 10.9. The Balaban J connectivity index is 2.73. The summed E-state index contributed by atoms with van der Waals surface area (Å²) in [6.45, 7) is 2.06. The minimum Gasteiger partial charge on any atom is -0.468 e. The van der Waals surface area contributed by atoms with Gasteiger partial charge in [-0.3, -0.25) is 9.48 Å². The second kappa shape index (κ2) is 4.28. The number of hydrogen-bond donors (Lipinski definition) is 0. The molecule has 0 radical (unpaired) electrons. The number of aromatic nitrogens is 2. The third-order valence-corrected chi connectivity index (χ3v) is 1.96. The normalized spacial score (nSPS) is 10.1. The molecule has 0 unspecified atom stereocenters. The van der Waals surface area contributed by atoms with Gasteiger partial charge in [0.25, 0.3) is 0 Å². The van der Waals surface area contributed by atoms with E-state index in [0.29, 0.717) is 5.02 Å². The molecule has 0 aliphatic heterocycles. The minimum absolute atomic E-state index is 0.107. The van der Waals surface area contributed by atoms with Crippen molar-refractivity contribution < 1.29 is 9.53 Å². The quantitative estimate of drug-likeness (QED) is 0.694. The van der Waals surface area contributed by atoms with Crippen LogP contribution < -0.4 is 0 Å². The lowest BCUT2D eigenvalue weighted by molar-refractivity contribution is -0.141. The molecule has 0 fully saturated rings. The SMILES string of the molecule is CCc1nn(CC(=O)OC)cc1Cl. The van der Waals surface area contributed by atoms with Crippen LogP contribution in [0.5, 0.6) is 0 Å². The molecule has 5 heteroatoms. The van der Waals surface area contributed by atoms with Crippen LogP contribution in [0.25, 0.3) is 0 Å². The third kappa shape index (κ3) is 2.45. The number of carbonyl (C=O) groups is 1. The van der Waals surface area contributed by atoms with E-state index in [4.69, 9.17) is 11.6 Å². The zero-order valence-corrected chi connectivity index (χ0v) is 8.34. The van der Waals surface area contributed by atoms with Gasteiger partial charge in [0.2, 0.25) is 0 Å². The van der Waals surface area contributed by atoms with Gasteiger partial charge in [-0.25, -0.2) is 0 Å². The summed E-state index contributed by atoms with van der Waals surface area (Å²) in [5, 5.41) is 4.69. The summed E-state index contributed by atoms with van der Waals surface area (Å²) < 4.78 is 5.97. The highest BCUT2D eigenvalue weighted by molar-refractivity contribution is 6.31. The molecule has 0 amide bonds. The van der Waals surface area contributed by atoms with Crippen LogP contribution in [0.4, 0.5) is 0 Å². The van der Waals surface area contributed by atoms with Crippen LogP contribution in [0.3, 0.4) is 0 Å². The molecule has 1 aromatic rings. The number of ether oxygens (including phenoxy) is 1. The zero-order valence-electron chi connectivity index (χ0n) is 7.58. The van der Waals surface area contributed by atoms with E-state index in [2.05, 4.69) is 9.84 Å². The number of nitrogens with zero attached hydrogens (tertiary/aromatic N) is 2. The Morgan fingerprint density at radius 3 is 2.92 bits per heavy atom. The van der Waals surface area contributed by atoms with E-state index < -0.39 is 0 Å². The van der Waals surface area contributed by atoms with E-state index in [1.165, 1.54) is 11.8 Å². The highest BCUT2D eigenvalue weighted by atomic mass is 35.5. The second-order valence-corrected chi connectivity index (χ2v) is 2.96. The van der Waals surface area contributed by atoms with Crippen molar-refractivity contribution in [3.8, 4) is 0 Å². The van der Waals surface area contributed by atoms with Gasteiger partial charge < -0.3 is 4.74 Å². The van der Waals surface area contributed by atoms with Crippen LogP contribution in [0.1, 0.15) is 12.6 Å². The van der Waals surface area contributed by atoms with Gasteiger partial charge in [-0.15, -0.1) is 0 Å². The zero-order chi connectivity index (χ0) is 9.84. The van der Waals surface area contributed by atoms with Gasteiger partial charge in [-0.2, -0.15) is 5.10 Å². The molecule has 0 saturated carbocycles. The molecule has 0 atom stereocenters. The lowest BCUT2D eigenvalue weighted by atomic mass is 10.3. The number of halogens is 1. The molecule has 72 valence electrons. The summed E-state index contributed by atoms with van der Waals surface area (Å²) in [6, 6.07) is 0. The first kappa shape index (κ1) is 10.1. The van der Waals surface area contributed by atoms with Crippen LogP contribution in [-0.4, -0.2) is 22.9 Å². The van der Waals surface area contributed by atoms with Crippen LogP contribution in [0.15, 0.2) is 6.20 Å². The monoisotopic (exact) mass is 202 g/mol. The van der Waals surface area contributed by atoms with Crippen molar-refractivity contribution in [2.24, 2.45) is 0 Å². The molecule has 0 N–H and O–H groups in total. The number of aryl methyl sites for hydroxylation is 1. The average molecular weight is 203 g/mol. The van der Waals surface area contributed by atoms with Crippen LogP contribution >= 0.6 is 11.6 Å². The summed E-state index contributed by atoms with van der Waals surface area (Å²) in [5.74, 6) is -0.332. The summed E-state index contributed by atoms with van der Waals surface area (Å²) in [7, 11) is 1.34. The summed E-state index contributed by atoms with van der Waals surface area (Å²) in [6.07, 6.45) is 2.38. The molecule has 0 bridgehead atoms. The second-order valence-electron chi connectivity index (χ2n) is 2.55. The summed E-state index contributed by atoms with van der Waals surface area (Å²) in [5.41, 5.74) is 0.797. The van der Waals surface area contributed by atoms with Gasteiger partial charge in [-0.1, -0.05) is 18.5 Å². The smallest absolute Gasteiger partial charge is 0.327 e. The van der Waals surface area contributed by atoms with Crippen LogP contribution in [0.2, 0.25) is 5.02 Å². The van der Waals surface area contributed by atoms with Crippen molar-refractivity contribution in [2.75, 3.05) is 7.11 Å². The Kier molecular flexibility index (Phi) is 3.31. The highest BCUT2D eigenvalue weighted by Gasteiger charge is 2.07. The topological polar surface area (TPSA) is 44.1 Å². The maximum absolute atomic E-state index is 10.9. The molecular weight excluding hydrogens is 192 g/mol. The molecule has 1 heterocycles. The van der Waals surface area contributed by atoms with Crippen molar-refractivity contribution in [1.82, 2.24) is 9.78 Å². The molecule has 0 aliphatic carbocycles. The maximum atomic E-state index is 10.9. The number of rotatable bonds is 3. The third-order valence-electron chi connectivity index (χ3n) is 1.64.